The van der Waals surface area contributed by atoms with Gasteiger partial charge < -0.3 is 15.3 Å². The zero-order chi connectivity index (χ0) is 25.7. The smallest absolute Gasteiger partial charge is 0.407 e. The number of amides is 2. The fourth-order valence-corrected chi connectivity index (χ4v) is 5.03. The molecule has 6 rings (SSSR count). The van der Waals surface area contributed by atoms with Gasteiger partial charge in [0, 0.05) is 37.1 Å². The number of imidazole rings is 1. The largest absolute Gasteiger partial charge is 0.465 e. The lowest BCUT2D eigenvalue weighted by atomic mass is 9.90. The van der Waals surface area contributed by atoms with E-state index >= 15 is 0 Å². The number of pyridine rings is 1. The summed E-state index contributed by atoms with van der Waals surface area (Å²) in [5.74, 6) is 0.0930. The molecule has 4 heterocycles. The van der Waals surface area contributed by atoms with Crippen molar-refractivity contribution < 1.29 is 19.1 Å². The van der Waals surface area contributed by atoms with Gasteiger partial charge in [-0.15, -0.1) is 0 Å². The molecule has 1 aliphatic heterocycles. The molecule has 0 spiro atoms. The third-order valence-electron chi connectivity index (χ3n) is 7.35. The predicted octanol–water partition coefficient (Wildman–Crippen LogP) is 4.38. The van der Waals surface area contributed by atoms with E-state index in [1.54, 1.807) is 23.1 Å². The van der Waals surface area contributed by atoms with Crippen molar-refractivity contribution in [3.05, 3.63) is 71.6 Å². The minimum absolute atomic E-state index is 0.0358. The first kappa shape index (κ1) is 23.2. The Balaban J connectivity index is 1.29. The molecule has 2 fully saturated rings. The number of likely N-dealkylation sites (tertiary alicyclic amines) is 1. The Morgan fingerprint density at radius 2 is 1.86 bits per heavy atom. The summed E-state index contributed by atoms with van der Waals surface area (Å²) < 4.78 is 18.3. The highest BCUT2D eigenvalue weighted by Gasteiger charge is 2.26. The fraction of sp³-hybridized carbons (Fsp3) is 0.333. The minimum Gasteiger partial charge on any atom is -0.465 e. The van der Waals surface area contributed by atoms with Gasteiger partial charge in [-0.2, -0.15) is 5.10 Å². The van der Waals surface area contributed by atoms with E-state index in [9.17, 15) is 19.1 Å². The summed E-state index contributed by atoms with van der Waals surface area (Å²) in [6.45, 7) is 2.86. The molecule has 1 saturated heterocycles. The first-order valence-corrected chi connectivity index (χ1v) is 12.5. The lowest BCUT2D eigenvalue weighted by molar-refractivity contribution is 0.0947. The van der Waals surface area contributed by atoms with Crippen LogP contribution in [0.3, 0.4) is 0 Å². The second-order valence-electron chi connectivity index (χ2n) is 9.92. The van der Waals surface area contributed by atoms with Gasteiger partial charge in [0.2, 0.25) is 0 Å². The van der Waals surface area contributed by atoms with Crippen LogP contribution in [-0.2, 0) is 0 Å². The summed E-state index contributed by atoms with van der Waals surface area (Å²) in [5, 5.41) is 16.6. The quantitative estimate of drug-likeness (QED) is 0.421. The zero-order valence-corrected chi connectivity index (χ0v) is 20.4. The van der Waals surface area contributed by atoms with Crippen LogP contribution in [0.2, 0.25) is 0 Å². The number of piperidine rings is 1. The molecular weight excluding hydrogens is 475 g/mol. The first-order valence-electron chi connectivity index (χ1n) is 12.5. The van der Waals surface area contributed by atoms with Crippen molar-refractivity contribution >= 4 is 17.6 Å². The average molecular weight is 503 g/mol. The van der Waals surface area contributed by atoms with Crippen LogP contribution in [0.25, 0.3) is 22.6 Å². The Hall–Kier alpha value is -4.21. The third kappa shape index (κ3) is 4.43. The number of carbonyl (C=O) groups excluding carboxylic acids is 1. The maximum atomic E-state index is 14.6. The molecule has 37 heavy (non-hydrogen) atoms. The van der Waals surface area contributed by atoms with Crippen LogP contribution in [0.1, 0.15) is 53.1 Å². The normalized spacial score (nSPS) is 16.3. The second kappa shape index (κ2) is 9.02. The number of hydrogen-bond donors (Lipinski definition) is 2. The molecular formula is C27H27FN6O3. The molecule has 4 aromatic rings. The number of nitrogens with zero attached hydrogens (tertiary/aromatic N) is 5. The molecule has 1 aliphatic carbocycles. The van der Waals surface area contributed by atoms with Crippen molar-refractivity contribution in [2.75, 3.05) is 13.1 Å². The number of aromatic nitrogens is 4. The van der Waals surface area contributed by atoms with Crippen LogP contribution in [0.5, 0.6) is 0 Å². The minimum atomic E-state index is -0.868. The second-order valence-corrected chi connectivity index (χ2v) is 9.92. The van der Waals surface area contributed by atoms with Crippen molar-refractivity contribution in [3.63, 3.8) is 0 Å². The Labute approximate surface area is 212 Å². The zero-order valence-electron chi connectivity index (χ0n) is 20.4. The van der Waals surface area contributed by atoms with Crippen LogP contribution in [0.15, 0.2) is 49.1 Å². The number of aryl methyl sites for hydroxylation is 1. The first-order chi connectivity index (χ1) is 17.9. The van der Waals surface area contributed by atoms with E-state index in [1.165, 1.54) is 11.0 Å². The van der Waals surface area contributed by atoms with Crippen molar-refractivity contribution in [1.82, 2.24) is 29.4 Å². The molecule has 0 unspecified atom stereocenters. The maximum absolute atomic E-state index is 14.6. The maximum Gasteiger partial charge on any atom is 0.407 e. The molecule has 0 bridgehead atoms. The van der Waals surface area contributed by atoms with E-state index < -0.39 is 17.8 Å². The number of carbonyl (C=O) groups is 2. The van der Waals surface area contributed by atoms with E-state index in [1.807, 2.05) is 29.8 Å². The fourth-order valence-electron chi connectivity index (χ4n) is 5.03. The number of carboxylic acid groups (broad SMARTS) is 1. The van der Waals surface area contributed by atoms with Gasteiger partial charge >= 0.3 is 6.09 Å². The van der Waals surface area contributed by atoms with Crippen LogP contribution in [0, 0.1) is 12.7 Å². The molecule has 2 aliphatic rings. The van der Waals surface area contributed by atoms with Crippen molar-refractivity contribution in [3.8, 4) is 16.9 Å². The molecule has 2 amide bonds. The third-order valence-corrected chi connectivity index (χ3v) is 7.35. The van der Waals surface area contributed by atoms with Crippen molar-refractivity contribution in [1.29, 1.82) is 0 Å². The lowest BCUT2D eigenvalue weighted by Gasteiger charge is -2.30. The Bertz CT molecular complexity index is 1510. The average Bonchev–Trinajstić information content (AvgIpc) is 3.39. The highest BCUT2D eigenvalue weighted by Crippen LogP contribution is 2.30. The van der Waals surface area contributed by atoms with Crippen molar-refractivity contribution in [2.24, 2.45) is 0 Å². The summed E-state index contributed by atoms with van der Waals surface area (Å²) in [5.41, 5.74) is 4.17. The summed E-state index contributed by atoms with van der Waals surface area (Å²) >= 11 is 0. The van der Waals surface area contributed by atoms with E-state index in [2.05, 4.69) is 21.5 Å². The van der Waals surface area contributed by atoms with Gasteiger partial charge in [-0.05, 0) is 73.4 Å². The van der Waals surface area contributed by atoms with E-state index in [4.69, 9.17) is 0 Å². The van der Waals surface area contributed by atoms with Crippen LogP contribution in [0.4, 0.5) is 9.18 Å². The number of nitrogens with one attached hydrogen (secondary N) is 1. The van der Waals surface area contributed by atoms with Gasteiger partial charge in [0.25, 0.3) is 5.91 Å². The van der Waals surface area contributed by atoms with Gasteiger partial charge in [-0.3, -0.25) is 9.20 Å². The van der Waals surface area contributed by atoms with Gasteiger partial charge in [-0.25, -0.2) is 18.9 Å². The molecule has 0 radical (unpaired) electrons. The van der Waals surface area contributed by atoms with Crippen molar-refractivity contribution in [2.45, 2.75) is 44.6 Å². The number of benzene rings is 1. The molecule has 1 aromatic carbocycles. The van der Waals surface area contributed by atoms with E-state index in [0.717, 1.165) is 53.8 Å². The number of fused-ring (bicyclic) bond motifs is 1. The number of hydrogen-bond acceptors (Lipinski definition) is 4. The van der Waals surface area contributed by atoms with E-state index in [0.29, 0.717) is 18.7 Å². The molecule has 190 valence electrons. The molecule has 1 saturated carbocycles. The lowest BCUT2D eigenvalue weighted by Crippen LogP contribution is -2.36. The molecule has 2 N–H and O–H groups in total. The molecule has 0 atom stereocenters. The molecule has 10 heteroatoms. The Morgan fingerprint density at radius 1 is 1.08 bits per heavy atom. The van der Waals surface area contributed by atoms with Gasteiger partial charge in [0.15, 0.2) is 5.82 Å². The topological polar surface area (TPSA) is 105 Å². The van der Waals surface area contributed by atoms with Gasteiger partial charge in [0.1, 0.15) is 11.5 Å². The summed E-state index contributed by atoms with van der Waals surface area (Å²) in [7, 11) is 0. The monoisotopic (exact) mass is 502 g/mol. The van der Waals surface area contributed by atoms with Crippen LogP contribution < -0.4 is 5.32 Å². The SMILES string of the molecule is Cc1cc(F)c(C(=O)NC2CC2)cc1-c1cnn(-c2cnc3ccc(C4CCN(C(=O)O)CC4)cn23)c1. The summed E-state index contributed by atoms with van der Waals surface area (Å²) in [6.07, 6.45) is 9.88. The Morgan fingerprint density at radius 3 is 2.59 bits per heavy atom. The predicted molar refractivity (Wildman–Crippen MR) is 135 cm³/mol. The summed E-state index contributed by atoms with van der Waals surface area (Å²) in [6, 6.07) is 7.15. The number of rotatable bonds is 5. The van der Waals surface area contributed by atoms with Gasteiger partial charge in [-0.1, -0.05) is 6.07 Å². The van der Waals surface area contributed by atoms with Crippen LogP contribution in [-0.4, -0.2) is 60.3 Å². The van der Waals surface area contributed by atoms with Crippen LogP contribution >= 0.6 is 0 Å². The highest BCUT2D eigenvalue weighted by molar-refractivity contribution is 5.96. The standard InChI is InChI=1S/C27H27FN6O3/c1-16-10-23(28)22(26(35)31-20-3-4-20)11-21(16)19-12-30-34(15-19)25-13-29-24-5-2-18(14-33(24)25)17-6-8-32(9-7-17)27(36)37/h2,5,10-15,17,20H,3-4,6-9H2,1H3,(H,31,35)(H,36,37). The highest BCUT2D eigenvalue weighted by atomic mass is 19.1. The van der Waals surface area contributed by atoms with E-state index in [-0.39, 0.29) is 17.5 Å². The summed E-state index contributed by atoms with van der Waals surface area (Å²) in [4.78, 5) is 29.8. The Kier molecular flexibility index (Phi) is 5.66. The molecule has 3 aromatic heterocycles. The number of halogens is 1. The van der Waals surface area contributed by atoms with Gasteiger partial charge in [0.05, 0.1) is 18.0 Å². The molecule has 9 nitrogen and oxygen atoms in total.